The van der Waals surface area contributed by atoms with Crippen LogP contribution in [0.25, 0.3) is 11.4 Å². The highest BCUT2D eigenvalue weighted by atomic mass is 15.3. The Hall–Kier alpha value is -1.64. The Labute approximate surface area is 101 Å². The van der Waals surface area contributed by atoms with E-state index in [4.69, 9.17) is 0 Å². The molecule has 0 bridgehead atoms. The van der Waals surface area contributed by atoms with Crippen molar-refractivity contribution in [3.63, 3.8) is 0 Å². The average Bonchev–Trinajstić information content (AvgIpc) is 2.74. The second-order valence-electron chi connectivity index (χ2n) is 4.92. The van der Waals surface area contributed by atoms with E-state index >= 15 is 0 Å². The van der Waals surface area contributed by atoms with Crippen LogP contribution < -0.4 is 0 Å². The van der Waals surface area contributed by atoms with E-state index < -0.39 is 0 Å². The fourth-order valence-corrected chi connectivity index (χ4v) is 2.62. The van der Waals surface area contributed by atoms with Crippen molar-refractivity contribution in [1.82, 2.24) is 14.8 Å². The molecule has 1 atom stereocenters. The molecule has 3 heteroatoms. The number of rotatable bonds is 1. The van der Waals surface area contributed by atoms with Crippen molar-refractivity contribution in [2.24, 2.45) is 0 Å². The molecule has 3 rings (SSSR count). The maximum absolute atomic E-state index is 4.37. The van der Waals surface area contributed by atoms with Crippen molar-refractivity contribution < 1.29 is 0 Å². The first kappa shape index (κ1) is 10.5. The quantitative estimate of drug-likeness (QED) is 0.749. The number of aromatic nitrogens is 3. The minimum atomic E-state index is 0.518. The molecular formula is C14H17N3. The monoisotopic (exact) mass is 227 g/mol. The lowest BCUT2D eigenvalue weighted by atomic mass is 10.0. The molecule has 88 valence electrons. The minimum absolute atomic E-state index is 0.518. The van der Waals surface area contributed by atoms with Gasteiger partial charge >= 0.3 is 0 Å². The third kappa shape index (κ3) is 1.75. The molecular weight excluding hydrogens is 210 g/mol. The second-order valence-corrected chi connectivity index (χ2v) is 4.92. The molecule has 17 heavy (non-hydrogen) atoms. The van der Waals surface area contributed by atoms with E-state index in [0.717, 1.165) is 18.1 Å². The lowest BCUT2D eigenvalue weighted by Crippen LogP contribution is -2.16. The Morgan fingerprint density at radius 2 is 2.18 bits per heavy atom. The van der Waals surface area contributed by atoms with Gasteiger partial charge in [0.15, 0.2) is 5.82 Å². The molecule has 1 aromatic carbocycles. The maximum Gasteiger partial charge on any atom is 0.164 e. The van der Waals surface area contributed by atoms with Crippen LogP contribution in [0, 0.1) is 6.92 Å². The van der Waals surface area contributed by atoms with Crippen LogP contribution in [0.4, 0.5) is 0 Å². The molecule has 0 amide bonds. The SMILES string of the molecule is Cc1cccc(-c2nnc3n2C(C)CCC3)c1. The van der Waals surface area contributed by atoms with Crippen molar-refractivity contribution in [3.05, 3.63) is 35.7 Å². The van der Waals surface area contributed by atoms with Crippen molar-refractivity contribution >= 4 is 0 Å². The third-order valence-corrected chi connectivity index (χ3v) is 3.51. The van der Waals surface area contributed by atoms with Crippen LogP contribution in [0.1, 0.15) is 37.2 Å². The summed E-state index contributed by atoms with van der Waals surface area (Å²) in [4.78, 5) is 0. The van der Waals surface area contributed by atoms with Gasteiger partial charge in [0.25, 0.3) is 0 Å². The van der Waals surface area contributed by atoms with Crippen LogP contribution >= 0.6 is 0 Å². The Kier molecular flexibility index (Phi) is 2.46. The molecule has 2 heterocycles. The molecule has 1 aromatic heterocycles. The molecule has 1 unspecified atom stereocenters. The van der Waals surface area contributed by atoms with Gasteiger partial charge in [-0.05, 0) is 32.8 Å². The largest absolute Gasteiger partial charge is 0.308 e. The molecule has 0 saturated carbocycles. The molecule has 1 aliphatic heterocycles. The normalized spacial score (nSPS) is 19.1. The Morgan fingerprint density at radius 1 is 1.29 bits per heavy atom. The van der Waals surface area contributed by atoms with E-state index in [1.165, 1.54) is 24.0 Å². The van der Waals surface area contributed by atoms with Crippen molar-refractivity contribution in [3.8, 4) is 11.4 Å². The predicted octanol–water partition coefficient (Wildman–Crippen LogP) is 3.15. The lowest BCUT2D eigenvalue weighted by Gasteiger charge is -2.22. The van der Waals surface area contributed by atoms with E-state index in [0.29, 0.717) is 6.04 Å². The predicted molar refractivity (Wildman–Crippen MR) is 67.8 cm³/mol. The molecule has 0 aliphatic carbocycles. The first-order chi connectivity index (χ1) is 8.25. The van der Waals surface area contributed by atoms with Gasteiger partial charge in [0.1, 0.15) is 5.82 Å². The summed E-state index contributed by atoms with van der Waals surface area (Å²) in [5.41, 5.74) is 2.45. The van der Waals surface area contributed by atoms with Crippen LogP contribution in [0.2, 0.25) is 0 Å². The number of hydrogen-bond acceptors (Lipinski definition) is 2. The van der Waals surface area contributed by atoms with E-state index in [2.05, 4.69) is 52.9 Å². The van der Waals surface area contributed by atoms with Crippen LogP contribution in [-0.4, -0.2) is 14.8 Å². The molecule has 3 nitrogen and oxygen atoms in total. The van der Waals surface area contributed by atoms with Gasteiger partial charge in [0.05, 0.1) is 0 Å². The summed E-state index contributed by atoms with van der Waals surface area (Å²) in [7, 11) is 0. The van der Waals surface area contributed by atoms with Gasteiger partial charge in [-0.25, -0.2) is 0 Å². The van der Waals surface area contributed by atoms with Gasteiger partial charge < -0.3 is 4.57 Å². The highest BCUT2D eigenvalue weighted by Crippen LogP contribution is 2.29. The second kappa shape index (κ2) is 3.99. The van der Waals surface area contributed by atoms with Gasteiger partial charge in [-0.1, -0.05) is 23.8 Å². The fraction of sp³-hybridized carbons (Fsp3) is 0.429. The van der Waals surface area contributed by atoms with Gasteiger partial charge in [-0.3, -0.25) is 0 Å². The van der Waals surface area contributed by atoms with E-state index in [-0.39, 0.29) is 0 Å². The molecule has 0 N–H and O–H groups in total. The van der Waals surface area contributed by atoms with E-state index in [1.54, 1.807) is 0 Å². The number of nitrogens with zero attached hydrogens (tertiary/aromatic N) is 3. The van der Waals surface area contributed by atoms with Crippen LogP contribution in [0.5, 0.6) is 0 Å². The van der Waals surface area contributed by atoms with Crippen molar-refractivity contribution in [2.75, 3.05) is 0 Å². The van der Waals surface area contributed by atoms with Gasteiger partial charge in [0.2, 0.25) is 0 Å². The summed E-state index contributed by atoms with van der Waals surface area (Å²) < 4.78 is 2.30. The fourth-order valence-electron chi connectivity index (χ4n) is 2.62. The first-order valence-corrected chi connectivity index (χ1v) is 6.26. The Bertz CT molecular complexity index is 542. The number of fused-ring (bicyclic) bond motifs is 1. The molecule has 0 radical (unpaired) electrons. The first-order valence-electron chi connectivity index (χ1n) is 6.26. The molecule has 2 aromatic rings. The summed E-state index contributed by atoms with van der Waals surface area (Å²) in [6, 6.07) is 9.01. The van der Waals surface area contributed by atoms with Gasteiger partial charge in [-0.15, -0.1) is 10.2 Å². The lowest BCUT2D eigenvalue weighted by molar-refractivity contribution is 0.429. The average molecular weight is 227 g/mol. The Morgan fingerprint density at radius 3 is 3.00 bits per heavy atom. The standard InChI is InChI=1S/C14H17N3/c1-10-5-3-7-12(9-10)14-16-15-13-8-4-6-11(2)17(13)14/h3,5,7,9,11H,4,6,8H2,1-2H3. The topological polar surface area (TPSA) is 30.7 Å². The third-order valence-electron chi connectivity index (χ3n) is 3.51. The van der Waals surface area contributed by atoms with Gasteiger partial charge in [-0.2, -0.15) is 0 Å². The van der Waals surface area contributed by atoms with Gasteiger partial charge in [0, 0.05) is 18.0 Å². The number of aryl methyl sites for hydroxylation is 2. The zero-order valence-electron chi connectivity index (χ0n) is 10.3. The zero-order valence-corrected chi connectivity index (χ0v) is 10.3. The van der Waals surface area contributed by atoms with Crippen molar-refractivity contribution in [1.29, 1.82) is 0 Å². The summed E-state index contributed by atoms with van der Waals surface area (Å²) in [6.07, 6.45) is 3.51. The highest BCUT2D eigenvalue weighted by Gasteiger charge is 2.22. The highest BCUT2D eigenvalue weighted by molar-refractivity contribution is 5.56. The molecule has 0 fully saturated rings. The summed E-state index contributed by atoms with van der Waals surface area (Å²) in [5, 5.41) is 8.70. The maximum atomic E-state index is 4.37. The molecule has 1 aliphatic rings. The summed E-state index contributed by atoms with van der Waals surface area (Å²) in [5.74, 6) is 2.16. The Balaban J connectivity index is 2.13. The number of hydrogen-bond donors (Lipinski definition) is 0. The minimum Gasteiger partial charge on any atom is -0.308 e. The van der Waals surface area contributed by atoms with Crippen LogP contribution in [0.15, 0.2) is 24.3 Å². The molecule has 0 spiro atoms. The summed E-state index contributed by atoms with van der Waals surface area (Å²) in [6.45, 7) is 4.37. The van der Waals surface area contributed by atoms with E-state index in [9.17, 15) is 0 Å². The summed E-state index contributed by atoms with van der Waals surface area (Å²) >= 11 is 0. The number of benzene rings is 1. The van der Waals surface area contributed by atoms with E-state index in [1.807, 2.05) is 0 Å². The van der Waals surface area contributed by atoms with Crippen LogP contribution in [-0.2, 0) is 6.42 Å². The van der Waals surface area contributed by atoms with Crippen LogP contribution in [0.3, 0.4) is 0 Å². The van der Waals surface area contributed by atoms with Crippen molar-refractivity contribution in [2.45, 2.75) is 39.2 Å². The zero-order chi connectivity index (χ0) is 11.8. The smallest absolute Gasteiger partial charge is 0.164 e. The molecule has 0 saturated heterocycles.